The molecule has 0 aromatic carbocycles. The molecule has 0 N–H and O–H groups in total. The summed E-state index contributed by atoms with van der Waals surface area (Å²) in [6.45, 7) is 2.07. The van der Waals surface area contributed by atoms with Gasteiger partial charge in [0, 0.05) is 0 Å². The van der Waals surface area contributed by atoms with Crippen molar-refractivity contribution in [2.75, 3.05) is 0 Å². The second kappa shape index (κ2) is 3.89. The molecule has 0 aromatic heterocycles. The molecule has 0 aromatic rings. The summed E-state index contributed by atoms with van der Waals surface area (Å²) < 4.78 is 2.20. The number of rotatable bonds is 0. The molecule has 0 nitrogen and oxygen atoms in total. The zero-order chi connectivity index (χ0) is 4.28. The van der Waals surface area contributed by atoms with E-state index in [9.17, 15) is 0 Å². The first-order valence-electron chi connectivity index (χ1n) is 1.24. The Hall–Kier alpha value is 1.71. The SMILES string of the molecule is C[CH]=[Zr]([Br])[Br]. The van der Waals surface area contributed by atoms with Crippen LogP contribution in [0.25, 0.3) is 0 Å². The molecule has 0 amide bonds. The predicted octanol–water partition coefficient (Wildman–Crippen LogP) is 2.05. The van der Waals surface area contributed by atoms with Crippen molar-refractivity contribution in [2.45, 2.75) is 6.92 Å². The summed E-state index contributed by atoms with van der Waals surface area (Å²) in [6, 6.07) is 0. The second-order valence-corrected chi connectivity index (χ2v) is 19.8. The molecule has 0 rings (SSSR count). The monoisotopic (exact) mass is 276 g/mol. The number of hydrogen-bond donors (Lipinski definition) is 0. The normalized spacial score (nSPS) is 7.00. The summed E-state index contributed by atoms with van der Waals surface area (Å²) in [5, 5.41) is 0. The minimum absolute atomic E-state index is 1.08. The van der Waals surface area contributed by atoms with Crippen molar-refractivity contribution in [1.82, 2.24) is 0 Å². The first kappa shape index (κ1) is 6.71. The molecule has 0 aliphatic heterocycles. The van der Waals surface area contributed by atoms with Gasteiger partial charge in [0.1, 0.15) is 0 Å². The quantitative estimate of drug-likeness (QED) is 0.636. The zero-order valence-electron chi connectivity index (χ0n) is 2.83. The molecule has 0 fully saturated rings. The molecular formula is C2H4Br2Zr. The van der Waals surface area contributed by atoms with E-state index < -0.39 is 16.6 Å². The van der Waals surface area contributed by atoms with Crippen LogP contribution in [0.15, 0.2) is 0 Å². The Morgan fingerprint density at radius 1 is 1.60 bits per heavy atom. The second-order valence-electron chi connectivity index (χ2n) is 0.578. The molecule has 30 valence electrons. The van der Waals surface area contributed by atoms with Crippen molar-refractivity contribution in [1.29, 1.82) is 0 Å². The number of halogens is 2. The van der Waals surface area contributed by atoms with Crippen molar-refractivity contribution in [2.24, 2.45) is 0 Å². The fraction of sp³-hybridized carbons (Fsp3) is 0.500. The Labute approximate surface area is 51.0 Å². The van der Waals surface area contributed by atoms with Gasteiger partial charge in [-0.3, -0.25) is 0 Å². The van der Waals surface area contributed by atoms with Crippen LogP contribution in [0.2, 0.25) is 0 Å². The van der Waals surface area contributed by atoms with Crippen LogP contribution in [-0.2, 0) is 16.6 Å². The fourth-order valence-electron chi connectivity index (χ4n) is 0. The molecule has 0 saturated carbocycles. The summed E-state index contributed by atoms with van der Waals surface area (Å²) in [5.74, 6) is 0. The standard InChI is InChI=1S/C2H4.2BrH.Zr/c1-2;;;/h1H,2H3;2*1H;/q;;;+2/p-2. The Balaban J connectivity index is 3.14. The van der Waals surface area contributed by atoms with Crippen molar-refractivity contribution in [3.8, 4) is 0 Å². The summed E-state index contributed by atoms with van der Waals surface area (Å²) >= 11 is 5.78. The Morgan fingerprint density at radius 3 is 1.80 bits per heavy atom. The summed E-state index contributed by atoms with van der Waals surface area (Å²) in [4.78, 5) is 0. The van der Waals surface area contributed by atoms with Crippen LogP contribution in [0.5, 0.6) is 0 Å². The van der Waals surface area contributed by atoms with Gasteiger partial charge in [-0.05, 0) is 0 Å². The molecule has 0 heterocycles. The first-order chi connectivity index (χ1) is 2.27. The van der Waals surface area contributed by atoms with Gasteiger partial charge in [-0.25, -0.2) is 0 Å². The Kier molecular flexibility index (Phi) is 5.22. The van der Waals surface area contributed by atoms with Gasteiger partial charge in [0.2, 0.25) is 0 Å². The molecule has 0 spiro atoms. The third-order valence-corrected chi connectivity index (χ3v) is 6.71. The van der Waals surface area contributed by atoms with E-state index in [1.54, 1.807) is 0 Å². The summed E-state index contributed by atoms with van der Waals surface area (Å²) in [7, 11) is 0. The van der Waals surface area contributed by atoms with Crippen molar-refractivity contribution < 1.29 is 16.6 Å². The maximum absolute atomic E-state index is 3.43. The molecule has 0 bridgehead atoms. The molecule has 0 radical (unpaired) electrons. The van der Waals surface area contributed by atoms with Gasteiger partial charge in [0.25, 0.3) is 0 Å². The third kappa shape index (κ3) is 5.71. The van der Waals surface area contributed by atoms with Crippen molar-refractivity contribution in [3.05, 3.63) is 0 Å². The zero-order valence-corrected chi connectivity index (χ0v) is 8.46. The molecule has 0 unspecified atom stereocenters. The van der Waals surface area contributed by atoms with E-state index in [1.165, 1.54) is 0 Å². The van der Waals surface area contributed by atoms with Crippen LogP contribution in [0.1, 0.15) is 6.92 Å². The van der Waals surface area contributed by atoms with E-state index in [2.05, 4.69) is 35.1 Å². The van der Waals surface area contributed by atoms with Crippen LogP contribution < -0.4 is 0 Å². The van der Waals surface area contributed by atoms with E-state index in [-0.39, 0.29) is 0 Å². The first-order valence-corrected chi connectivity index (χ1v) is 13.9. The Bertz CT molecular complexity index is 45.6. The van der Waals surface area contributed by atoms with E-state index >= 15 is 0 Å². The van der Waals surface area contributed by atoms with Crippen LogP contribution in [0, 0.1) is 0 Å². The van der Waals surface area contributed by atoms with Crippen LogP contribution in [0.4, 0.5) is 0 Å². The van der Waals surface area contributed by atoms with E-state index in [4.69, 9.17) is 0 Å². The maximum atomic E-state index is 3.43. The van der Waals surface area contributed by atoms with Crippen LogP contribution in [-0.4, -0.2) is 3.71 Å². The molecule has 5 heavy (non-hydrogen) atoms. The van der Waals surface area contributed by atoms with Gasteiger partial charge >= 0.3 is 51.6 Å². The topological polar surface area (TPSA) is 0 Å². The summed E-state index contributed by atoms with van der Waals surface area (Å²) in [6.07, 6.45) is 0. The van der Waals surface area contributed by atoms with Gasteiger partial charge < -0.3 is 0 Å². The van der Waals surface area contributed by atoms with Crippen molar-refractivity contribution in [3.63, 3.8) is 0 Å². The van der Waals surface area contributed by atoms with Gasteiger partial charge in [0.05, 0.1) is 0 Å². The average Bonchev–Trinajstić information content (AvgIpc) is 1.38. The van der Waals surface area contributed by atoms with Gasteiger partial charge in [-0.1, -0.05) is 0 Å². The Morgan fingerprint density at radius 2 is 1.80 bits per heavy atom. The molecule has 3 heteroatoms. The predicted molar refractivity (Wildman–Crippen MR) is 29.6 cm³/mol. The van der Waals surface area contributed by atoms with Crippen molar-refractivity contribution >= 4 is 28.1 Å². The number of hydrogen-bond acceptors (Lipinski definition) is 0. The van der Waals surface area contributed by atoms with Crippen LogP contribution >= 0.6 is 24.4 Å². The average molecular weight is 279 g/mol. The fourth-order valence-corrected chi connectivity index (χ4v) is 0. The summed E-state index contributed by atoms with van der Waals surface area (Å²) in [5.41, 5.74) is 0. The molecule has 0 aliphatic carbocycles. The third-order valence-electron chi connectivity index (χ3n) is 0.218. The van der Waals surface area contributed by atoms with E-state index in [0.717, 1.165) is 0 Å². The molecular weight excluding hydrogens is 275 g/mol. The van der Waals surface area contributed by atoms with E-state index in [0.29, 0.717) is 0 Å². The van der Waals surface area contributed by atoms with Crippen LogP contribution in [0.3, 0.4) is 0 Å². The van der Waals surface area contributed by atoms with Gasteiger partial charge in [0.15, 0.2) is 0 Å². The van der Waals surface area contributed by atoms with E-state index in [1.807, 2.05) is 0 Å². The minimum atomic E-state index is -1.08. The molecule has 0 saturated heterocycles. The molecule has 0 aliphatic rings. The van der Waals surface area contributed by atoms with Gasteiger partial charge in [-0.15, -0.1) is 0 Å². The van der Waals surface area contributed by atoms with Gasteiger partial charge in [-0.2, -0.15) is 0 Å². The molecule has 0 atom stereocenters.